The Balaban J connectivity index is 1.91. The van der Waals surface area contributed by atoms with Crippen molar-refractivity contribution >= 4 is 21.8 Å². The van der Waals surface area contributed by atoms with Gasteiger partial charge in [0.2, 0.25) is 0 Å². The van der Waals surface area contributed by atoms with Crippen molar-refractivity contribution in [3.8, 4) is 0 Å². The number of hydrogen-bond acceptors (Lipinski definition) is 1. The number of benzene rings is 1. The van der Waals surface area contributed by atoms with Crippen molar-refractivity contribution in [1.29, 1.82) is 0 Å². The van der Waals surface area contributed by atoms with Crippen LogP contribution in [0.25, 0.3) is 0 Å². The van der Waals surface area contributed by atoms with Gasteiger partial charge in [-0.25, -0.2) is 0 Å². The zero-order chi connectivity index (χ0) is 12.8. The Kier molecular flexibility index (Phi) is 5.24. The Hall–Kier alpha value is -0.830. The molecule has 0 aromatic heterocycles. The van der Waals surface area contributed by atoms with Gasteiger partial charge < -0.3 is 5.32 Å². The second-order valence-corrected chi connectivity index (χ2v) is 5.74. The predicted octanol–water partition coefficient (Wildman–Crippen LogP) is 3.69. The molecule has 3 heteroatoms. The van der Waals surface area contributed by atoms with Crippen molar-refractivity contribution in [3.63, 3.8) is 0 Å². The molecule has 1 N–H and O–H groups in total. The highest BCUT2D eigenvalue weighted by molar-refractivity contribution is 9.09. The summed E-state index contributed by atoms with van der Waals surface area (Å²) in [6, 6.07) is 8.31. The van der Waals surface area contributed by atoms with Crippen molar-refractivity contribution < 1.29 is 4.79 Å². The number of carbonyl (C=O) groups is 1. The van der Waals surface area contributed by atoms with Gasteiger partial charge in [-0.3, -0.25) is 4.79 Å². The zero-order valence-electron chi connectivity index (χ0n) is 10.6. The van der Waals surface area contributed by atoms with E-state index in [0.29, 0.717) is 6.04 Å². The van der Waals surface area contributed by atoms with Crippen LogP contribution in [0.5, 0.6) is 0 Å². The molecule has 1 amide bonds. The highest BCUT2D eigenvalue weighted by atomic mass is 79.9. The van der Waals surface area contributed by atoms with Crippen LogP contribution in [0.1, 0.15) is 48.0 Å². The molecule has 1 aromatic carbocycles. The molecule has 1 aliphatic rings. The number of rotatable bonds is 4. The molecule has 2 nitrogen and oxygen atoms in total. The highest BCUT2D eigenvalue weighted by Crippen LogP contribution is 2.18. The van der Waals surface area contributed by atoms with E-state index in [-0.39, 0.29) is 5.91 Å². The van der Waals surface area contributed by atoms with Crippen LogP contribution in [-0.2, 0) is 6.42 Å². The largest absolute Gasteiger partial charge is 0.349 e. The summed E-state index contributed by atoms with van der Waals surface area (Å²) in [5.41, 5.74) is 2.04. The Labute approximate surface area is 117 Å². The van der Waals surface area contributed by atoms with Crippen molar-refractivity contribution in [2.24, 2.45) is 0 Å². The molecule has 0 atom stereocenters. The molecule has 18 heavy (non-hydrogen) atoms. The SMILES string of the molecule is O=C(NC1CCCCC1)c1ccc(CCBr)cc1. The van der Waals surface area contributed by atoms with E-state index >= 15 is 0 Å². The Morgan fingerprint density at radius 2 is 1.83 bits per heavy atom. The van der Waals surface area contributed by atoms with E-state index in [2.05, 4.69) is 21.2 Å². The Bertz CT molecular complexity index is 382. The molecule has 1 fully saturated rings. The van der Waals surface area contributed by atoms with Crippen molar-refractivity contribution in [1.82, 2.24) is 5.32 Å². The third kappa shape index (κ3) is 3.84. The van der Waals surface area contributed by atoms with Gasteiger partial charge in [0.05, 0.1) is 0 Å². The molecular formula is C15H20BrNO. The van der Waals surface area contributed by atoms with E-state index in [1.165, 1.54) is 24.8 Å². The molecule has 0 spiro atoms. The molecule has 98 valence electrons. The van der Waals surface area contributed by atoms with Gasteiger partial charge in [-0.15, -0.1) is 0 Å². The Morgan fingerprint density at radius 1 is 1.17 bits per heavy atom. The van der Waals surface area contributed by atoms with Crippen LogP contribution in [0.2, 0.25) is 0 Å². The van der Waals surface area contributed by atoms with E-state index in [4.69, 9.17) is 0 Å². The first-order valence-corrected chi connectivity index (χ1v) is 7.87. The number of hydrogen-bond donors (Lipinski definition) is 1. The maximum absolute atomic E-state index is 12.1. The van der Waals surface area contributed by atoms with Gasteiger partial charge in [-0.1, -0.05) is 47.3 Å². The van der Waals surface area contributed by atoms with Crippen LogP contribution < -0.4 is 5.32 Å². The number of nitrogens with one attached hydrogen (secondary N) is 1. The van der Waals surface area contributed by atoms with Gasteiger partial charge in [0.1, 0.15) is 0 Å². The quantitative estimate of drug-likeness (QED) is 0.844. The third-order valence-electron chi connectivity index (χ3n) is 3.54. The van der Waals surface area contributed by atoms with Gasteiger partial charge in [0, 0.05) is 16.9 Å². The van der Waals surface area contributed by atoms with E-state index in [9.17, 15) is 4.79 Å². The number of amides is 1. The van der Waals surface area contributed by atoms with Crippen LogP contribution >= 0.6 is 15.9 Å². The summed E-state index contributed by atoms with van der Waals surface area (Å²) in [6.07, 6.45) is 7.07. The summed E-state index contributed by atoms with van der Waals surface area (Å²) in [4.78, 5) is 12.1. The van der Waals surface area contributed by atoms with Gasteiger partial charge >= 0.3 is 0 Å². The van der Waals surface area contributed by atoms with E-state index in [1.807, 2.05) is 24.3 Å². The average Bonchev–Trinajstić information content (AvgIpc) is 2.41. The van der Waals surface area contributed by atoms with E-state index < -0.39 is 0 Å². The monoisotopic (exact) mass is 309 g/mol. The second-order valence-electron chi connectivity index (χ2n) is 4.94. The molecule has 0 saturated heterocycles. The minimum atomic E-state index is 0.0762. The van der Waals surface area contributed by atoms with Crippen LogP contribution in [0.4, 0.5) is 0 Å². The van der Waals surface area contributed by atoms with Crippen molar-refractivity contribution in [2.45, 2.75) is 44.6 Å². The fourth-order valence-electron chi connectivity index (χ4n) is 2.45. The summed E-state index contributed by atoms with van der Waals surface area (Å²) in [5.74, 6) is 0.0762. The van der Waals surface area contributed by atoms with Gasteiger partial charge in [0.25, 0.3) is 5.91 Å². The molecule has 0 aliphatic heterocycles. The number of alkyl halides is 1. The maximum Gasteiger partial charge on any atom is 0.251 e. The lowest BCUT2D eigenvalue weighted by atomic mass is 9.95. The second kappa shape index (κ2) is 6.93. The van der Waals surface area contributed by atoms with Crippen molar-refractivity contribution in [2.75, 3.05) is 5.33 Å². The highest BCUT2D eigenvalue weighted by Gasteiger charge is 2.16. The van der Waals surface area contributed by atoms with E-state index in [0.717, 1.165) is 30.2 Å². The number of aryl methyl sites for hydroxylation is 1. The van der Waals surface area contributed by atoms with E-state index in [1.54, 1.807) is 0 Å². The number of halogens is 1. The standard InChI is InChI=1S/C15H20BrNO/c16-11-10-12-6-8-13(9-7-12)15(18)17-14-4-2-1-3-5-14/h6-9,14H,1-5,10-11H2,(H,17,18). The van der Waals surface area contributed by atoms with Crippen LogP contribution in [-0.4, -0.2) is 17.3 Å². The molecule has 1 saturated carbocycles. The molecule has 2 rings (SSSR count). The molecule has 1 aromatic rings. The molecule has 1 aliphatic carbocycles. The molecule has 0 bridgehead atoms. The lowest BCUT2D eigenvalue weighted by Crippen LogP contribution is -2.36. The molecule has 0 unspecified atom stereocenters. The maximum atomic E-state index is 12.1. The molecule has 0 radical (unpaired) electrons. The summed E-state index contributed by atoms with van der Waals surface area (Å²) >= 11 is 3.42. The molecule has 0 heterocycles. The topological polar surface area (TPSA) is 29.1 Å². The normalized spacial score (nSPS) is 16.5. The lowest BCUT2D eigenvalue weighted by Gasteiger charge is -2.22. The summed E-state index contributed by atoms with van der Waals surface area (Å²) in [7, 11) is 0. The van der Waals surface area contributed by atoms with Crippen LogP contribution in [0.3, 0.4) is 0 Å². The zero-order valence-corrected chi connectivity index (χ0v) is 12.2. The lowest BCUT2D eigenvalue weighted by molar-refractivity contribution is 0.0927. The fourth-order valence-corrected chi connectivity index (χ4v) is 2.91. The third-order valence-corrected chi connectivity index (χ3v) is 3.94. The van der Waals surface area contributed by atoms with Crippen LogP contribution in [0.15, 0.2) is 24.3 Å². The average molecular weight is 310 g/mol. The smallest absolute Gasteiger partial charge is 0.251 e. The first kappa shape index (κ1) is 13.6. The fraction of sp³-hybridized carbons (Fsp3) is 0.533. The van der Waals surface area contributed by atoms with Crippen LogP contribution in [0, 0.1) is 0 Å². The minimum absolute atomic E-state index is 0.0762. The van der Waals surface area contributed by atoms with Crippen molar-refractivity contribution in [3.05, 3.63) is 35.4 Å². The number of carbonyl (C=O) groups excluding carboxylic acids is 1. The van der Waals surface area contributed by atoms with Gasteiger partial charge in [0.15, 0.2) is 0 Å². The van der Waals surface area contributed by atoms with Gasteiger partial charge in [-0.05, 0) is 37.0 Å². The molecular weight excluding hydrogens is 290 g/mol. The van der Waals surface area contributed by atoms with Gasteiger partial charge in [-0.2, -0.15) is 0 Å². The Morgan fingerprint density at radius 3 is 2.44 bits per heavy atom. The summed E-state index contributed by atoms with van der Waals surface area (Å²) in [5, 5.41) is 4.10. The summed E-state index contributed by atoms with van der Waals surface area (Å²) < 4.78 is 0. The first-order chi connectivity index (χ1) is 8.79. The summed E-state index contributed by atoms with van der Waals surface area (Å²) in [6.45, 7) is 0. The minimum Gasteiger partial charge on any atom is -0.349 e. The first-order valence-electron chi connectivity index (χ1n) is 6.75. The predicted molar refractivity (Wildman–Crippen MR) is 78.3 cm³/mol.